The number of hydrogen-bond acceptors (Lipinski definition) is 6. The van der Waals surface area contributed by atoms with Gasteiger partial charge in [0.15, 0.2) is 5.78 Å². The van der Waals surface area contributed by atoms with Crippen LogP contribution in [0.15, 0.2) is 60.7 Å². The lowest BCUT2D eigenvalue weighted by atomic mass is 9.79. The lowest BCUT2D eigenvalue weighted by molar-refractivity contribution is -0.140. The number of ketones is 2. The third kappa shape index (κ3) is 8.30. The maximum absolute atomic E-state index is 13.9. The highest BCUT2D eigenvalue weighted by Crippen LogP contribution is 2.25. The summed E-state index contributed by atoms with van der Waals surface area (Å²) >= 11 is 0. The van der Waals surface area contributed by atoms with Crippen LogP contribution < -0.4 is 16.4 Å². The lowest BCUT2D eigenvalue weighted by Gasteiger charge is -2.29. The van der Waals surface area contributed by atoms with Gasteiger partial charge in [-0.05, 0) is 23.0 Å². The minimum Gasteiger partial charge on any atom is -0.445 e. The molecular weight excluding hydrogens is 458 g/mol. The normalized spacial score (nSPS) is 14.3. The Balaban J connectivity index is 2.27. The number of amides is 2. The third-order valence-corrected chi connectivity index (χ3v) is 6.03. The quantitative estimate of drug-likeness (QED) is 0.366. The first-order valence-corrected chi connectivity index (χ1v) is 12.3. The van der Waals surface area contributed by atoms with Gasteiger partial charge >= 0.3 is 6.09 Å². The van der Waals surface area contributed by atoms with Gasteiger partial charge in [0.1, 0.15) is 6.61 Å². The van der Waals surface area contributed by atoms with E-state index >= 15 is 0 Å². The topological polar surface area (TPSA) is 128 Å². The Labute approximate surface area is 213 Å². The molecule has 8 heteroatoms. The van der Waals surface area contributed by atoms with Gasteiger partial charge in [0, 0.05) is 6.54 Å². The number of alkyl carbamates (subject to hydrolysis) is 1. The van der Waals surface area contributed by atoms with Crippen LogP contribution >= 0.6 is 0 Å². The monoisotopic (exact) mass is 495 g/mol. The minimum absolute atomic E-state index is 0.0459. The highest BCUT2D eigenvalue weighted by Gasteiger charge is 2.40. The Morgan fingerprint density at radius 1 is 0.917 bits per heavy atom. The summed E-state index contributed by atoms with van der Waals surface area (Å²) in [5, 5.41) is 5.24. The molecule has 2 aromatic carbocycles. The zero-order valence-corrected chi connectivity index (χ0v) is 21.4. The van der Waals surface area contributed by atoms with Crippen LogP contribution in [0, 0.1) is 11.8 Å². The number of nitrogens with two attached hydrogens (primary N) is 1. The number of hydrogen-bond donors (Lipinski definition) is 3. The van der Waals surface area contributed by atoms with E-state index in [0.29, 0.717) is 18.5 Å². The van der Waals surface area contributed by atoms with Gasteiger partial charge in [-0.2, -0.15) is 0 Å². The Morgan fingerprint density at radius 3 is 2.06 bits per heavy atom. The van der Waals surface area contributed by atoms with Crippen LogP contribution in [-0.4, -0.2) is 42.2 Å². The zero-order chi connectivity index (χ0) is 26.7. The Hall–Kier alpha value is -3.52. The number of carbonyl (C=O) groups is 4. The van der Waals surface area contributed by atoms with Crippen LogP contribution in [0.4, 0.5) is 4.79 Å². The molecule has 0 spiro atoms. The van der Waals surface area contributed by atoms with Crippen LogP contribution in [-0.2, 0) is 25.7 Å². The van der Waals surface area contributed by atoms with Crippen molar-refractivity contribution in [2.24, 2.45) is 17.6 Å². The van der Waals surface area contributed by atoms with E-state index in [1.807, 2.05) is 58.0 Å². The van der Waals surface area contributed by atoms with Crippen LogP contribution in [0.2, 0.25) is 0 Å². The molecule has 0 aliphatic rings. The van der Waals surface area contributed by atoms with E-state index < -0.39 is 41.6 Å². The summed E-state index contributed by atoms with van der Waals surface area (Å²) in [5.74, 6) is -3.43. The number of ether oxygens (including phenoxy) is 1. The van der Waals surface area contributed by atoms with Gasteiger partial charge in [-0.25, -0.2) is 4.79 Å². The van der Waals surface area contributed by atoms with E-state index in [0.717, 1.165) is 5.56 Å². The maximum Gasteiger partial charge on any atom is 0.408 e. The van der Waals surface area contributed by atoms with E-state index in [1.165, 1.54) is 0 Å². The van der Waals surface area contributed by atoms with Gasteiger partial charge in [-0.3, -0.25) is 14.4 Å². The van der Waals surface area contributed by atoms with Crippen molar-refractivity contribution in [2.75, 3.05) is 6.54 Å². The average molecular weight is 496 g/mol. The fourth-order valence-electron chi connectivity index (χ4n) is 3.71. The van der Waals surface area contributed by atoms with Crippen molar-refractivity contribution in [1.29, 1.82) is 0 Å². The Kier molecular flexibility index (Phi) is 11.3. The first kappa shape index (κ1) is 28.7. The van der Waals surface area contributed by atoms with Crippen LogP contribution in [0.1, 0.15) is 51.2 Å². The van der Waals surface area contributed by atoms with E-state index in [9.17, 15) is 19.2 Å². The fraction of sp³-hybridized carbons (Fsp3) is 0.429. The van der Waals surface area contributed by atoms with Gasteiger partial charge in [-0.1, -0.05) is 94.8 Å². The molecule has 0 aliphatic heterocycles. The molecule has 2 amide bonds. The molecule has 2 rings (SSSR count). The Bertz CT molecular complexity index is 1010. The van der Waals surface area contributed by atoms with Crippen molar-refractivity contribution in [3.05, 3.63) is 71.8 Å². The van der Waals surface area contributed by atoms with Gasteiger partial charge in [0.25, 0.3) is 5.91 Å². The minimum atomic E-state index is -1.42. The second-order valence-corrected chi connectivity index (χ2v) is 9.35. The highest BCUT2D eigenvalue weighted by atomic mass is 16.5. The summed E-state index contributed by atoms with van der Waals surface area (Å²) in [6.07, 6.45) is -0.173. The largest absolute Gasteiger partial charge is 0.445 e. The molecule has 0 aliphatic carbocycles. The molecule has 4 N–H and O–H groups in total. The van der Waals surface area contributed by atoms with Gasteiger partial charge < -0.3 is 21.1 Å². The molecule has 0 saturated carbocycles. The highest BCUT2D eigenvalue weighted by molar-refractivity contribution is 6.38. The standard InChI is InChI=1S/C28H37N3O5/c1-5-19(4)24(31-28(35)36-17-20-12-8-6-9-13-20)25(32)22(21-14-10-7-11-15-21)23(29)26(33)27(34)30-16-18(2)3/h6-15,18-19,22-24H,5,16-17,29H2,1-4H3,(H,30,34)(H,31,35)/t19-,22?,23-,24-/m0/s1. The summed E-state index contributed by atoms with van der Waals surface area (Å²) in [5.41, 5.74) is 7.57. The van der Waals surface area contributed by atoms with Crippen LogP contribution in [0.5, 0.6) is 0 Å². The molecule has 1 unspecified atom stereocenters. The van der Waals surface area contributed by atoms with Gasteiger partial charge in [-0.15, -0.1) is 0 Å². The molecule has 0 radical (unpaired) electrons. The first-order valence-electron chi connectivity index (χ1n) is 12.3. The number of Topliss-reactive ketones (excluding diaryl/α,β-unsaturated/α-hetero) is 2. The van der Waals surface area contributed by atoms with Gasteiger partial charge in [0.2, 0.25) is 5.78 Å². The van der Waals surface area contributed by atoms with Crippen molar-refractivity contribution >= 4 is 23.6 Å². The molecule has 194 valence electrons. The van der Waals surface area contributed by atoms with Crippen LogP contribution in [0.3, 0.4) is 0 Å². The third-order valence-electron chi connectivity index (χ3n) is 6.03. The van der Waals surface area contributed by atoms with E-state index in [2.05, 4.69) is 10.6 Å². The number of nitrogens with one attached hydrogen (secondary N) is 2. The van der Waals surface area contributed by atoms with E-state index in [4.69, 9.17) is 10.5 Å². The number of carbonyl (C=O) groups excluding carboxylic acids is 4. The molecule has 0 fully saturated rings. The number of benzene rings is 2. The molecule has 4 atom stereocenters. The molecule has 0 aromatic heterocycles. The molecule has 0 bridgehead atoms. The van der Waals surface area contributed by atoms with Crippen molar-refractivity contribution in [3.63, 3.8) is 0 Å². The SMILES string of the molecule is CC[C@H](C)[C@H](NC(=O)OCc1ccccc1)C(=O)C(c1ccccc1)[C@H](N)C(=O)C(=O)NCC(C)C. The molecule has 0 heterocycles. The summed E-state index contributed by atoms with van der Waals surface area (Å²) in [4.78, 5) is 51.9. The van der Waals surface area contributed by atoms with E-state index in [-0.39, 0.29) is 18.4 Å². The summed E-state index contributed by atoms with van der Waals surface area (Å²) < 4.78 is 5.32. The number of rotatable bonds is 13. The smallest absolute Gasteiger partial charge is 0.408 e. The van der Waals surface area contributed by atoms with Crippen molar-refractivity contribution in [3.8, 4) is 0 Å². The van der Waals surface area contributed by atoms with Crippen molar-refractivity contribution in [2.45, 2.75) is 58.7 Å². The van der Waals surface area contributed by atoms with Crippen LogP contribution in [0.25, 0.3) is 0 Å². The zero-order valence-electron chi connectivity index (χ0n) is 21.4. The first-order chi connectivity index (χ1) is 17.1. The van der Waals surface area contributed by atoms with Gasteiger partial charge in [0.05, 0.1) is 18.0 Å². The lowest BCUT2D eigenvalue weighted by Crippen LogP contribution is -2.54. The fourth-order valence-corrected chi connectivity index (χ4v) is 3.71. The van der Waals surface area contributed by atoms with Crippen molar-refractivity contribution < 1.29 is 23.9 Å². The van der Waals surface area contributed by atoms with E-state index in [1.54, 1.807) is 30.3 Å². The second-order valence-electron chi connectivity index (χ2n) is 9.35. The summed E-state index contributed by atoms with van der Waals surface area (Å²) in [7, 11) is 0. The molecule has 36 heavy (non-hydrogen) atoms. The van der Waals surface area contributed by atoms with Crippen molar-refractivity contribution in [1.82, 2.24) is 10.6 Å². The Morgan fingerprint density at radius 2 is 1.50 bits per heavy atom. The summed E-state index contributed by atoms with van der Waals surface area (Å²) in [6.45, 7) is 7.88. The predicted octanol–water partition coefficient (Wildman–Crippen LogP) is 3.35. The predicted molar refractivity (Wildman–Crippen MR) is 138 cm³/mol. The summed E-state index contributed by atoms with van der Waals surface area (Å²) in [6, 6.07) is 15.4. The molecule has 0 saturated heterocycles. The molecular formula is C28H37N3O5. The second kappa shape index (κ2) is 14.1. The molecule has 8 nitrogen and oxygen atoms in total. The average Bonchev–Trinajstić information content (AvgIpc) is 2.89. The molecule has 2 aromatic rings. The maximum atomic E-state index is 13.9.